The van der Waals surface area contributed by atoms with Crippen LogP contribution in [0.4, 0.5) is 0 Å². The van der Waals surface area contributed by atoms with E-state index in [1.807, 2.05) is 0 Å². The van der Waals surface area contributed by atoms with Crippen LogP contribution in [0.25, 0.3) is 0 Å². The first-order valence-corrected chi connectivity index (χ1v) is 6.50. The number of allylic oxidation sites excluding steroid dienone is 3. The van der Waals surface area contributed by atoms with Crippen LogP contribution in [0.3, 0.4) is 0 Å². The van der Waals surface area contributed by atoms with Crippen molar-refractivity contribution < 1.29 is 14.4 Å². The van der Waals surface area contributed by atoms with E-state index in [1.54, 1.807) is 0 Å². The van der Waals surface area contributed by atoms with Gasteiger partial charge in [0.05, 0.1) is 17.0 Å². The number of hydrogen-bond donors (Lipinski definition) is 0. The van der Waals surface area contributed by atoms with E-state index < -0.39 is 0 Å². The molecule has 0 spiro atoms. The van der Waals surface area contributed by atoms with Gasteiger partial charge in [-0.1, -0.05) is 0 Å². The largest absolute Gasteiger partial charge is 0.294 e. The molecule has 0 saturated heterocycles. The summed E-state index contributed by atoms with van der Waals surface area (Å²) in [7, 11) is 0. The summed E-state index contributed by atoms with van der Waals surface area (Å²) in [6.07, 6.45) is 7.74. The summed E-state index contributed by atoms with van der Waals surface area (Å²) in [5, 5.41) is 0. The number of ketones is 3. The molecule has 0 bridgehead atoms. The Morgan fingerprint density at radius 2 is 1.29 bits per heavy atom. The maximum atomic E-state index is 12.2. The van der Waals surface area contributed by atoms with E-state index in [4.69, 9.17) is 0 Å². The quantitative estimate of drug-likeness (QED) is 0.760. The summed E-state index contributed by atoms with van der Waals surface area (Å²) in [5.41, 5.74) is 1.17. The van der Waals surface area contributed by atoms with Crippen molar-refractivity contribution in [2.24, 2.45) is 15.0 Å². The smallest absolute Gasteiger partial charge is 0.172 e. The number of rotatable bonds is 2. The zero-order valence-electron chi connectivity index (χ0n) is 11.1. The van der Waals surface area contributed by atoms with Gasteiger partial charge in [-0.25, -0.2) is 0 Å². The SMILES string of the molecule is O=C1C=C(C2=C(C3=CC(=O)CC=N3)C(=O)CC=N2)N=CC1. The van der Waals surface area contributed by atoms with Crippen LogP contribution in [0.2, 0.25) is 0 Å². The number of carbonyl (C=O) groups is 3. The Kier molecular flexibility index (Phi) is 3.35. The van der Waals surface area contributed by atoms with Gasteiger partial charge in [0.15, 0.2) is 17.3 Å². The standard InChI is InChI=1S/C15H11N3O3/c19-9-1-4-16-11(7-9)14-13(21)3-6-18-15(14)12-8-10(20)2-5-17-12/h4-8H,1-3H2. The third-order valence-electron chi connectivity index (χ3n) is 3.15. The molecule has 104 valence electrons. The first-order chi connectivity index (χ1) is 10.1. The molecule has 0 atom stereocenters. The number of aliphatic imine (C=N–C) groups is 3. The van der Waals surface area contributed by atoms with Gasteiger partial charge in [0.1, 0.15) is 5.70 Å². The maximum absolute atomic E-state index is 12.2. The lowest BCUT2D eigenvalue weighted by Crippen LogP contribution is -2.16. The monoisotopic (exact) mass is 281 g/mol. The topological polar surface area (TPSA) is 88.3 Å². The zero-order valence-corrected chi connectivity index (χ0v) is 11.1. The fourth-order valence-electron chi connectivity index (χ4n) is 2.21. The molecule has 6 nitrogen and oxygen atoms in total. The Balaban J connectivity index is 2.15. The van der Waals surface area contributed by atoms with Gasteiger partial charge in [0.25, 0.3) is 0 Å². The Bertz CT molecular complexity index is 733. The van der Waals surface area contributed by atoms with E-state index in [2.05, 4.69) is 15.0 Å². The van der Waals surface area contributed by atoms with Crippen molar-refractivity contribution in [2.75, 3.05) is 0 Å². The Morgan fingerprint density at radius 1 is 0.714 bits per heavy atom. The second kappa shape index (κ2) is 5.32. The van der Waals surface area contributed by atoms with Crippen molar-refractivity contribution in [2.45, 2.75) is 19.3 Å². The normalized spacial score (nSPS) is 21.8. The lowest BCUT2D eigenvalue weighted by Gasteiger charge is -2.17. The summed E-state index contributed by atoms with van der Waals surface area (Å²) in [6, 6.07) is 0. The average Bonchev–Trinajstić information content (AvgIpc) is 2.47. The Labute approximate surface area is 120 Å². The summed E-state index contributed by atoms with van der Waals surface area (Å²) in [6.45, 7) is 0. The fraction of sp³-hybridized carbons (Fsp3) is 0.200. The fourth-order valence-corrected chi connectivity index (χ4v) is 2.21. The molecule has 3 aliphatic heterocycles. The number of carbonyl (C=O) groups excluding carboxylic acids is 3. The van der Waals surface area contributed by atoms with E-state index in [9.17, 15) is 14.4 Å². The van der Waals surface area contributed by atoms with Crippen LogP contribution in [0, 0.1) is 0 Å². The van der Waals surface area contributed by atoms with Crippen molar-refractivity contribution in [3.8, 4) is 0 Å². The molecule has 0 aromatic heterocycles. The molecule has 0 aromatic carbocycles. The molecule has 3 rings (SSSR count). The highest BCUT2D eigenvalue weighted by Gasteiger charge is 2.26. The van der Waals surface area contributed by atoms with Gasteiger partial charge in [-0.05, 0) is 0 Å². The van der Waals surface area contributed by atoms with Crippen LogP contribution < -0.4 is 0 Å². The molecular formula is C15H11N3O3. The summed E-state index contributed by atoms with van der Waals surface area (Å²) >= 11 is 0. The van der Waals surface area contributed by atoms with E-state index in [-0.39, 0.29) is 47.9 Å². The number of hydrogen-bond acceptors (Lipinski definition) is 6. The van der Waals surface area contributed by atoms with E-state index in [1.165, 1.54) is 30.8 Å². The van der Waals surface area contributed by atoms with Crippen LogP contribution in [0.1, 0.15) is 19.3 Å². The predicted octanol–water partition coefficient (Wildman–Crippen LogP) is 1.14. The van der Waals surface area contributed by atoms with Crippen molar-refractivity contribution in [1.29, 1.82) is 0 Å². The minimum Gasteiger partial charge on any atom is -0.294 e. The molecule has 0 amide bonds. The molecular weight excluding hydrogens is 270 g/mol. The lowest BCUT2D eigenvalue weighted by atomic mass is 9.96. The van der Waals surface area contributed by atoms with Crippen molar-refractivity contribution in [1.82, 2.24) is 0 Å². The lowest BCUT2D eigenvalue weighted by molar-refractivity contribution is -0.115. The summed E-state index contributed by atoms with van der Waals surface area (Å²) in [5.74, 6) is -0.407. The molecule has 3 aliphatic rings. The Hall–Kier alpha value is -2.76. The van der Waals surface area contributed by atoms with Crippen LogP contribution in [0.5, 0.6) is 0 Å². The highest BCUT2D eigenvalue weighted by molar-refractivity contribution is 6.13. The van der Waals surface area contributed by atoms with Crippen molar-refractivity contribution in [3.05, 3.63) is 34.8 Å². The average molecular weight is 281 g/mol. The van der Waals surface area contributed by atoms with Crippen molar-refractivity contribution in [3.63, 3.8) is 0 Å². The number of Topliss-reactive ketones (excluding diaryl/α,β-unsaturated/α-hetero) is 1. The van der Waals surface area contributed by atoms with E-state index >= 15 is 0 Å². The minimum absolute atomic E-state index is 0.0997. The highest BCUT2D eigenvalue weighted by atomic mass is 16.1. The minimum atomic E-state index is -0.188. The van der Waals surface area contributed by atoms with Gasteiger partial charge in [-0.15, -0.1) is 0 Å². The molecule has 3 heterocycles. The summed E-state index contributed by atoms with van der Waals surface area (Å²) in [4.78, 5) is 47.7. The first kappa shape index (κ1) is 13.2. The second-order valence-electron chi connectivity index (χ2n) is 4.69. The molecule has 0 radical (unpaired) electrons. The molecule has 0 N–H and O–H groups in total. The number of nitrogens with zero attached hydrogens (tertiary/aromatic N) is 3. The molecule has 0 fully saturated rings. The molecule has 0 aliphatic carbocycles. The third kappa shape index (κ3) is 2.60. The van der Waals surface area contributed by atoms with E-state index in [0.29, 0.717) is 11.4 Å². The third-order valence-corrected chi connectivity index (χ3v) is 3.15. The van der Waals surface area contributed by atoms with Crippen LogP contribution in [-0.2, 0) is 14.4 Å². The van der Waals surface area contributed by atoms with Gasteiger partial charge >= 0.3 is 0 Å². The van der Waals surface area contributed by atoms with Crippen molar-refractivity contribution >= 4 is 36.0 Å². The van der Waals surface area contributed by atoms with Crippen LogP contribution >= 0.6 is 0 Å². The van der Waals surface area contributed by atoms with Gasteiger partial charge < -0.3 is 0 Å². The highest BCUT2D eigenvalue weighted by Crippen LogP contribution is 2.29. The van der Waals surface area contributed by atoms with Gasteiger partial charge in [-0.3, -0.25) is 29.4 Å². The van der Waals surface area contributed by atoms with Crippen LogP contribution in [0.15, 0.2) is 49.8 Å². The van der Waals surface area contributed by atoms with E-state index in [0.717, 1.165) is 0 Å². The first-order valence-electron chi connectivity index (χ1n) is 6.50. The molecule has 0 saturated carbocycles. The molecule has 0 aromatic rings. The molecule has 0 unspecified atom stereocenters. The van der Waals surface area contributed by atoms with Gasteiger partial charge in [-0.2, -0.15) is 0 Å². The van der Waals surface area contributed by atoms with Crippen LogP contribution in [-0.4, -0.2) is 36.0 Å². The van der Waals surface area contributed by atoms with Gasteiger partial charge in [0.2, 0.25) is 0 Å². The zero-order chi connectivity index (χ0) is 14.8. The Morgan fingerprint density at radius 3 is 1.95 bits per heavy atom. The predicted molar refractivity (Wildman–Crippen MR) is 77.5 cm³/mol. The second-order valence-corrected chi connectivity index (χ2v) is 4.69. The maximum Gasteiger partial charge on any atom is 0.172 e. The molecule has 6 heteroatoms. The summed E-state index contributed by atoms with van der Waals surface area (Å²) < 4.78 is 0. The van der Waals surface area contributed by atoms with Gasteiger partial charge in [0, 0.05) is 50.1 Å². The molecule has 21 heavy (non-hydrogen) atoms.